The van der Waals surface area contributed by atoms with Crippen LogP contribution in [-0.4, -0.2) is 61.3 Å². The van der Waals surface area contributed by atoms with Gasteiger partial charge in [0.2, 0.25) is 0 Å². The van der Waals surface area contributed by atoms with Gasteiger partial charge in [0, 0.05) is 18.6 Å². The predicted octanol–water partition coefficient (Wildman–Crippen LogP) is 0.945. The fourth-order valence-electron chi connectivity index (χ4n) is 3.44. The lowest BCUT2D eigenvalue weighted by atomic mass is 9.84. The average molecular weight is 210 g/mol. The summed E-state index contributed by atoms with van der Waals surface area (Å²) in [4.78, 5) is 5.25. The minimum atomic E-state index is 0.571. The Morgan fingerprint density at radius 3 is 2.27 bits per heavy atom. The van der Waals surface area contributed by atoms with Gasteiger partial charge >= 0.3 is 0 Å². The van der Waals surface area contributed by atoms with Crippen molar-refractivity contribution in [1.82, 2.24) is 9.80 Å². The second kappa shape index (κ2) is 3.72. The van der Waals surface area contributed by atoms with E-state index < -0.39 is 0 Å². The number of ether oxygens (including phenoxy) is 1. The molecule has 0 amide bonds. The predicted molar refractivity (Wildman–Crippen MR) is 60.0 cm³/mol. The summed E-state index contributed by atoms with van der Waals surface area (Å²) in [5, 5.41) is 0. The summed E-state index contributed by atoms with van der Waals surface area (Å²) in [6.45, 7) is 5.84. The van der Waals surface area contributed by atoms with Gasteiger partial charge in [-0.25, -0.2) is 0 Å². The molecule has 1 spiro atoms. The fraction of sp³-hybridized carbons (Fsp3) is 1.00. The van der Waals surface area contributed by atoms with E-state index in [1.165, 1.54) is 45.3 Å². The third-order valence-corrected chi connectivity index (χ3v) is 4.81. The molecular formula is C12H22N2O. The van der Waals surface area contributed by atoms with Crippen molar-refractivity contribution in [3.05, 3.63) is 0 Å². The average Bonchev–Trinajstić information content (AvgIpc) is 2.50. The number of likely N-dealkylation sites (tertiary alicyclic amines) is 2. The van der Waals surface area contributed by atoms with Crippen molar-refractivity contribution >= 4 is 0 Å². The first kappa shape index (κ1) is 10.1. The summed E-state index contributed by atoms with van der Waals surface area (Å²) in [5.74, 6) is 0. The molecule has 15 heavy (non-hydrogen) atoms. The van der Waals surface area contributed by atoms with Crippen molar-refractivity contribution in [2.24, 2.45) is 0 Å². The van der Waals surface area contributed by atoms with E-state index in [0.717, 1.165) is 19.3 Å². The third kappa shape index (κ3) is 1.61. The van der Waals surface area contributed by atoms with Crippen LogP contribution in [0.25, 0.3) is 0 Å². The Bertz CT molecular complexity index is 232. The van der Waals surface area contributed by atoms with Crippen molar-refractivity contribution in [2.45, 2.75) is 37.3 Å². The molecule has 3 aliphatic rings. The highest BCUT2D eigenvalue weighted by Crippen LogP contribution is 2.37. The van der Waals surface area contributed by atoms with Crippen LogP contribution in [-0.2, 0) is 4.74 Å². The molecule has 86 valence electrons. The third-order valence-electron chi connectivity index (χ3n) is 4.81. The van der Waals surface area contributed by atoms with Crippen molar-refractivity contribution < 1.29 is 4.74 Å². The highest BCUT2D eigenvalue weighted by atomic mass is 16.5. The monoisotopic (exact) mass is 210 g/mol. The van der Waals surface area contributed by atoms with Gasteiger partial charge in [0.1, 0.15) is 0 Å². The van der Waals surface area contributed by atoms with Crippen LogP contribution < -0.4 is 0 Å². The Morgan fingerprint density at radius 1 is 1.07 bits per heavy atom. The molecular weight excluding hydrogens is 188 g/mol. The van der Waals surface area contributed by atoms with E-state index in [4.69, 9.17) is 4.74 Å². The van der Waals surface area contributed by atoms with Crippen LogP contribution in [0.2, 0.25) is 0 Å². The minimum absolute atomic E-state index is 0.571. The largest absolute Gasteiger partial charge is 0.378 e. The molecule has 0 aromatic carbocycles. The van der Waals surface area contributed by atoms with Crippen molar-refractivity contribution in [3.63, 3.8) is 0 Å². The van der Waals surface area contributed by atoms with Gasteiger partial charge in [0.15, 0.2) is 0 Å². The van der Waals surface area contributed by atoms with Crippen LogP contribution in [0.15, 0.2) is 0 Å². The van der Waals surface area contributed by atoms with Gasteiger partial charge < -0.3 is 9.64 Å². The number of rotatable bonds is 1. The molecule has 0 radical (unpaired) electrons. The van der Waals surface area contributed by atoms with Crippen LogP contribution in [0.4, 0.5) is 0 Å². The minimum Gasteiger partial charge on any atom is -0.378 e. The second-order valence-electron chi connectivity index (χ2n) is 5.48. The molecule has 3 aliphatic heterocycles. The van der Waals surface area contributed by atoms with Crippen LogP contribution >= 0.6 is 0 Å². The topological polar surface area (TPSA) is 15.7 Å². The Labute approximate surface area is 92.4 Å². The van der Waals surface area contributed by atoms with E-state index in [1.54, 1.807) is 0 Å². The van der Waals surface area contributed by atoms with E-state index in [0.29, 0.717) is 5.54 Å². The lowest BCUT2D eigenvalue weighted by Crippen LogP contribution is -2.57. The molecule has 0 aromatic rings. The SMILES string of the molecule is CN1CCCC12CCN(C1COC1)CC2. The van der Waals surface area contributed by atoms with Crippen LogP contribution in [0.1, 0.15) is 25.7 Å². The molecule has 3 rings (SSSR count). The summed E-state index contributed by atoms with van der Waals surface area (Å²) in [7, 11) is 2.31. The second-order valence-corrected chi connectivity index (χ2v) is 5.48. The molecule has 0 aliphatic carbocycles. The number of piperidine rings is 1. The zero-order valence-corrected chi connectivity index (χ0v) is 9.74. The van der Waals surface area contributed by atoms with E-state index in [2.05, 4.69) is 16.8 Å². The van der Waals surface area contributed by atoms with Gasteiger partial charge in [-0.05, 0) is 39.3 Å². The van der Waals surface area contributed by atoms with Gasteiger partial charge in [-0.2, -0.15) is 0 Å². The molecule has 0 saturated carbocycles. The lowest BCUT2D eigenvalue weighted by Gasteiger charge is -2.47. The molecule has 0 N–H and O–H groups in total. The Morgan fingerprint density at radius 2 is 1.80 bits per heavy atom. The van der Waals surface area contributed by atoms with Crippen molar-refractivity contribution in [1.29, 1.82) is 0 Å². The van der Waals surface area contributed by atoms with E-state index in [9.17, 15) is 0 Å². The van der Waals surface area contributed by atoms with Crippen LogP contribution in [0.3, 0.4) is 0 Å². The first-order chi connectivity index (χ1) is 7.30. The maximum absolute atomic E-state index is 5.27. The molecule has 3 fully saturated rings. The summed E-state index contributed by atoms with van der Waals surface area (Å²) >= 11 is 0. The zero-order chi connectivity index (χ0) is 10.3. The Kier molecular flexibility index (Phi) is 2.49. The molecule has 0 aromatic heterocycles. The first-order valence-electron chi connectivity index (χ1n) is 6.33. The smallest absolute Gasteiger partial charge is 0.0645 e. The summed E-state index contributed by atoms with van der Waals surface area (Å²) in [6.07, 6.45) is 5.58. The van der Waals surface area contributed by atoms with Crippen LogP contribution in [0.5, 0.6) is 0 Å². The van der Waals surface area contributed by atoms with Crippen molar-refractivity contribution in [2.75, 3.05) is 39.9 Å². The molecule has 0 unspecified atom stereocenters. The normalized spacial score (nSPS) is 33.4. The van der Waals surface area contributed by atoms with E-state index in [-0.39, 0.29) is 0 Å². The standard InChI is InChI=1S/C12H22N2O/c1-13-6-2-3-12(13)4-7-14(8-5-12)11-9-15-10-11/h11H,2-10H2,1H3. The summed E-state index contributed by atoms with van der Waals surface area (Å²) in [6, 6.07) is 0.744. The molecule has 0 atom stereocenters. The number of hydrogen-bond donors (Lipinski definition) is 0. The lowest BCUT2D eigenvalue weighted by molar-refractivity contribution is -0.0823. The van der Waals surface area contributed by atoms with Gasteiger partial charge in [0.05, 0.1) is 19.3 Å². The number of nitrogens with zero attached hydrogens (tertiary/aromatic N) is 2. The maximum atomic E-state index is 5.27. The fourth-order valence-corrected chi connectivity index (χ4v) is 3.44. The van der Waals surface area contributed by atoms with Gasteiger partial charge in [-0.3, -0.25) is 4.90 Å². The summed E-state index contributed by atoms with van der Waals surface area (Å²) in [5.41, 5.74) is 0.571. The highest BCUT2D eigenvalue weighted by Gasteiger charge is 2.42. The van der Waals surface area contributed by atoms with Gasteiger partial charge in [0.25, 0.3) is 0 Å². The Balaban J connectivity index is 1.59. The maximum Gasteiger partial charge on any atom is 0.0645 e. The first-order valence-corrected chi connectivity index (χ1v) is 6.33. The highest BCUT2D eigenvalue weighted by molar-refractivity contribution is 4.99. The molecule has 3 nitrogen and oxygen atoms in total. The van der Waals surface area contributed by atoms with Crippen molar-refractivity contribution in [3.8, 4) is 0 Å². The molecule has 3 heteroatoms. The summed E-state index contributed by atoms with van der Waals surface area (Å²) < 4.78 is 5.27. The zero-order valence-electron chi connectivity index (χ0n) is 9.74. The Hall–Kier alpha value is -0.120. The molecule has 3 heterocycles. The quantitative estimate of drug-likeness (QED) is 0.641. The number of hydrogen-bond acceptors (Lipinski definition) is 3. The van der Waals surface area contributed by atoms with Crippen LogP contribution in [0, 0.1) is 0 Å². The molecule has 0 bridgehead atoms. The van der Waals surface area contributed by atoms with E-state index in [1.807, 2.05) is 0 Å². The van der Waals surface area contributed by atoms with E-state index >= 15 is 0 Å². The van der Waals surface area contributed by atoms with Gasteiger partial charge in [-0.1, -0.05) is 0 Å². The van der Waals surface area contributed by atoms with Gasteiger partial charge in [-0.15, -0.1) is 0 Å². The molecule has 3 saturated heterocycles.